The maximum Gasteiger partial charge on any atom is 0.305 e. The number of rotatable bonds is 10. The standard InChI is InChI=1S/C13H13BrN2O3.C12H11BrN2O3/c1-19-13(18)5-4-11(17)8-16-12-6-10(14)3-2-9(12)7-15-16;13-9-2-1-8-6-14-15(11(8)5-9)7-10(16)3-4-12(17)18/h2-3,6-7H,4-5,8H2,1H3;1-2,5-6H,3-4,7H2,(H,17,18). The van der Waals surface area contributed by atoms with Gasteiger partial charge in [0, 0.05) is 32.6 Å². The number of carbonyl (C=O) groups excluding carboxylic acids is 3. The first-order valence-corrected chi connectivity index (χ1v) is 12.8. The van der Waals surface area contributed by atoms with Gasteiger partial charge < -0.3 is 9.84 Å². The third-order valence-corrected chi connectivity index (χ3v) is 6.31. The number of carbonyl (C=O) groups is 4. The van der Waals surface area contributed by atoms with Crippen LogP contribution in [0.2, 0.25) is 0 Å². The van der Waals surface area contributed by atoms with Gasteiger partial charge in [0.15, 0.2) is 11.6 Å². The van der Waals surface area contributed by atoms with E-state index in [1.807, 2.05) is 36.4 Å². The van der Waals surface area contributed by atoms with Crippen molar-refractivity contribution < 1.29 is 29.0 Å². The summed E-state index contributed by atoms with van der Waals surface area (Å²) < 4.78 is 9.57. The summed E-state index contributed by atoms with van der Waals surface area (Å²) in [5.74, 6) is -1.52. The van der Waals surface area contributed by atoms with E-state index in [-0.39, 0.29) is 56.3 Å². The van der Waals surface area contributed by atoms with Crippen molar-refractivity contribution in [2.24, 2.45) is 0 Å². The number of esters is 1. The van der Waals surface area contributed by atoms with Crippen LogP contribution in [0, 0.1) is 0 Å². The molecule has 0 bridgehead atoms. The SMILES string of the molecule is COC(=O)CCC(=O)Cn1ncc2ccc(Br)cc21.O=C(O)CCC(=O)Cn1ncc2ccc(Br)cc21. The summed E-state index contributed by atoms with van der Waals surface area (Å²) in [6.45, 7) is 0.268. The predicted molar refractivity (Wildman–Crippen MR) is 143 cm³/mol. The average molecular weight is 636 g/mol. The van der Waals surface area contributed by atoms with Crippen LogP contribution >= 0.6 is 31.9 Å². The van der Waals surface area contributed by atoms with Gasteiger partial charge in [0.1, 0.15) is 13.1 Å². The minimum absolute atomic E-state index is 0.0324. The summed E-state index contributed by atoms with van der Waals surface area (Å²) >= 11 is 6.75. The Bertz CT molecular complexity index is 1450. The van der Waals surface area contributed by atoms with Crippen LogP contribution in [0.5, 0.6) is 0 Å². The van der Waals surface area contributed by atoms with Crippen LogP contribution in [-0.4, -0.2) is 55.3 Å². The van der Waals surface area contributed by atoms with E-state index in [0.717, 1.165) is 30.8 Å². The molecule has 0 fully saturated rings. The summed E-state index contributed by atoms with van der Waals surface area (Å²) in [5, 5.41) is 18.8. The molecule has 0 radical (unpaired) electrons. The summed E-state index contributed by atoms with van der Waals surface area (Å²) in [4.78, 5) is 44.7. The Kier molecular flexibility index (Phi) is 10.1. The van der Waals surface area contributed by atoms with Crippen LogP contribution in [0.4, 0.5) is 0 Å². The minimum Gasteiger partial charge on any atom is -0.481 e. The Morgan fingerprint density at radius 1 is 0.784 bits per heavy atom. The number of methoxy groups -OCH3 is 1. The van der Waals surface area contributed by atoms with Crippen molar-refractivity contribution in [2.75, 3.05) is 7.11 Å². The van der Waals surface area contributed by atoms with E-state index in [4.69, 9.17) is 5.11 Å². The number of carboxylic acids is 1. The van der Waals surface area contributed by atoms with Crippen LogP contribution in [0.3, 0.4) is 0 Å². The maximum atomic E-state index is 11.8. The van der Waals surface area contributed by atoms with Gasteiger partial charge in [-0.2, -0.15) is 10.2 Å². The van der Waals surface area contributed by atoms with Crippen LogP contribution in [-0.2, 0) is 37.0 Å². The van der Waals surface area contributed by atoms with Gasteiger partial charge in [-0.05, 0) is 24.3 Å². The van der Waals surface area contributed by atoms with Gasteiger partial charge in [-0.1, -0.05) is 44.0 Å². The highest BCUT2D eigenvalue weighted by Gasteiger charge is 2.11. The van der Waals surface area contributed by atoms with Crippen molar-refractivity contribution in [2.45, 2.75) is 38.8 Å². The molecule has 2 aromatic carbocycles. The van der Waals surface area contributed by atoms with Crippen LogP contribution in [0.25, 0.3) is 21.8 Å². The van der Waals surface area contributed by atoms with E-state index >= 15 is 0 Å². The zero-order chi connectivity index (χ0) is 26.9. The lowest BCUT2D eigenvalue weighted by molar-refractivity contribution is -0.142. The largest absolute Gasteiger partial charge is 0.481 e. The zero-order valence-electron chi connectivity index (χ0n) is 19.9. The third kappa shape index (κ3) is 8.32. The molecule has 12 heteroatoms. The molecule has 0 saturated carbocycles. The minimum atomic E-state index is -0.962. The lowest BCUT2D eigenvalue weighted by atomic mass is 10.2. The van der Waals surface area contributed by atoms with Gasteiger partial charge in [-0.25, -0.2) is 0 Å². The number of aliphatic carboxylic acids is 1. The fourth-order valence-corrected chi connectivity index (χ4v) is 4.12. The Morgan fingerprint density at radius 2 is 1.24 bits per heavy atom. The molecule has 0 amide bonds. The monoisotopic (exact) mass is 634 g/mol. The summed E-state index contributed by atoms with van der Waals surface area (Å²) in [7, 11) is 1.31. The maximum absolute atomic E-state index is 11.8. The number of fused-ring (bicyclic) bond motifs is 2. The smallest absolute Gasteiger partial charge is 0.305 e. The molecule has 4 rings (SSSR count). The normalized spacial score (nSPS) is 10.7. The Hall–Kier alpha value is -3.38. The van der Waals surface area contributed by atoms with Gasteiger partial charge in [-0.15, -0.1) is 0 Å². The average Bonchev–Trinajstić information content (AvgIpc) is 3.45. The number of hydrogen-bond donors (Lipinski definition) is 1. The third-order valence-electron chi connectivity index (χ3n) is 5.32. The van der Waals surface area contributed by atoms with Gasteiger partial charge in [-0.3, -0.25) is 28.5 Å². The highest BCUT2D eigenvalue weighted by molar-refractivity contribution is 9.10. The molecule has 0 aliphatic heterocycles. The Labute approximate surface area is 228 Å². The van der Waals surface area contributed by atoms with E-state index in [1.165, 1.54) is 7.11 Å². The van der Waals surface area contributed by atoms with Crippen molar-refractivity contribution in [3.63, 3.8) is 0 Å². The molecule has 0 unspecified atom stereocenters. The molecular formula is C25H24Br2N4O6. The lowest BCUT2D eigenvalue weighted by Gasteiger charge is -2.03. The summed E-state index contributed by atoms with van der Waals surface area (Å²) in [5.41, 5.74) is 1.74. The first-order valence-electron chi connectivity index (χ1n) is 11.2. The Morgan fingerprint density at radius 3 is 1.68 bits per heavy atom. The molecule has 0 aliphatic carbocycles. The molecule has 0 spiro atoms. The number of Topliss-reactive ketones (excluding diaryl/α,β-unsaturated/α-hetero) is 2. The van der Waals surface area contributed by atoms with Crippen molar-refractivity contribution in [1.82, 2.24) is 19.6 Å². The molecule has 2 heterocycles. The molecule has 0 aliphatic rings. The number of halogens is 2. The second-order valence-corrected chi connectivity index (χ2v) is 9.89. The Balaban J connectivity index is 0.000000206. The highest BCUT2D eigenvalue weighted by Crippen LogP contribution is 2.20. The molecular weight excluding hydrogens is 612 g/mol. The van der Waals surface area contributed by atoms with Crippen molar-refractivity contribution in [3.8, 4) is 0 Å². The molecule has 0 saturated heterocycles. The van der Waals surface area contributed by atoms with Gasteiger partial charge >= 0.3 is 11.9 Å². The number of carboxylic acid groups (broad SMARTS) is 1. The summed E-state index contributed by atoms with van der Waals surface area (Å²) in [6.07, 6.45) is 3.58. The second-order valence-electron chi connectivity index (χ2n) is 8.06. The van der Waals surface area contributed by atoms with Crippen LogP contribution in [0.1, 0.15) is 25.7 Å². The van der Waals surface area contributed by atoms with Gasteiger partial charge in [0.25, 0.3) is 0 Å². The molecule has 0 atom stereocenters. The number of nitrogens with zero attached hydrogens (tertiary/aromatic N) is 4. The fourth-order valence-electron chi connectivity index (χ4n) is 3.42. The predicted octanol–water partition coefficient (Wildman–Crippen LogP) is 4.55. The molecule has 1 N–H and O–H groups in total. The number of ketones is 2. The first kappa shape index (κ1) is 28.2. The van der Waals surface area contributed by atoms with E-state index in [9.17, 15) is 19.2 Å². The summed E-state index contributed by atoms with van der Waals surface area (Å²) in [6, 6.07) is 11.5. The molecule has 10 nitrogen and oxygen atoms in total. The van der Waals surface area contributed by atoms with E-state index in [1.54, 1.807) is 21.8 Å². The quantitative estimate of drug-likeness (QED) is 0.251. The number of hydrogen-bond acceptors (Lipinski definition) is 7. The number of ether oxygens (including phenoxy) is 1. The van der Waals surface area contributed by atoms with E-state index in [2.05, 4.69) is 46.8 Å². The number of aromatic nitrogens is 4. The van der Waals surface area contributed by atoms with Gasteiger partial charge in [0.2, 0.25) is 0 Å². The van der Waals surface area contributed by atoms with Crippen molar-refractivity contribution in [3.05, 3.63) is 57.7 Å². The van der Waals surface area contributed by atoms with Crippen molar-refractivity contribution in [1.29, 1.82) is 0 Å². The lowest BCUT2D eigenvalue weighted by Crippen LogP contribution is -2.13. The first-order chi connectivity index (χ1) is 17.7. The fraction of sp³-hybridized carbons (Fsp3) is 0.280. The zero-order valence-corrected chi connectivity index (χ0v) is 23.1. The molecule has 37 heavy (non-hydrogen) atoms. The van der Waals surface area contributed by atoms with Crippen molar-refractivity contribution >= 4 is 77.2 Å². The second kappa shape index (κ2) is 13.2. The van der Waals surface area contributed by atoms with Gasteiger partial charge in [0.05, 0.1) is 43.4 Å². The topological polar surface area (TPSA) is 133 Å². The van der Waals surface area contributed by atoms with E-state index < -0.39 is 5.97 Å². The molecule has 194 valence electrons. The van der Waals surface area contributed by atoms with Crippen LogP contribution < -0.4 is 0 Å². The number of benzene rings is 2. The molecule has 4 aromatic rings. The van der Waals surface area contributed by atoms with Crippen LogP contribution in [0.15, 0.2) is 57.7 Å². The molecule has 2 aromatic heterocycles. The van der Waals surface area contributed by atoms with E-state index in [0.29, 0.717) is 0 Å². The highest BCUT2D eigenvalue weighted by atomic mass is 79.9.